The predicted molar refractivity (Wildman–Crippen MR) is 102 cm³/mol. The normalized spacial score (nSPS) is 11.2. The van der Waals surface area contributed by atoms with Gasteiger partial charge >= 0.3 is 5.97 Å². The van der Waals surface area contributed by atoms with Crippen LogP contribution in [0.15, 0.2) is 36.9 Å². The van der Waals surface area contributed by atoms with Gasteiger partial charge in [-0.1, -0.05) is 19.9 Å². The van der Waals surface area contributed by atoms with E-state index in [1.165, 1.54) is 30.3 Å². The minimum atomic E-state index is -3.50. The van der Waals surface area contributed by atoms with Gasteiger partial charge < -0.3 is 15.0 Å². The summed E-state index contributed by atoms with van der Waals surface area (Å²) in [6.07, 6.45) is 1.24. The van der Waals surface area contributed by atoms with Gasteiger partial charge in [0.05, 0.1) is 11.3 Å². The summed E-state index contributed by atoms with van der Waals surface area (Å²) < 4.78 is 28.4. The SMILES string of the molecule is C=CCS(=O)(=O)CC(=O)Nc1ccc(C(=O)OCCN(CC)CC)cc1. The molecule has 0 aliphatic carbocycles. The predicted octanol–water partition coefficient (Wildman–Crippen LogP) is 1.72. The summed E-state index contributed by atoms with van der Waals surface area (Å²) in [7, 11) is -3.50. The minimum absolute atomic E-state index is 0.251. The molecule has 1 N–H and O–H groups in total. The van der Waals surface area contributed by atoms with E-state index in [2.05, 4.69) is 16.8 Å². The second-order valence-corrected chi connectivity index (χ2v) is 7.74. The number of sulfone groups is 1. The van der Waals surface area contributed by atoms with Crippen molar-refractivity contribution >= 4 is 27.4 Å². The average molecular weight is 382 g/mol. The van der Waals surface area contributed by atoms with Gasteiger partial charge in [0.2, 0.25) is 5.91 Å². The van der Waals surface area contributed by atoms with Crippen molar-refractivity contribution in [3.05, 3.63) is 42.5 Å². The van der Waals surface area contributed by atoms with Crippen LogP contribution in [-0.4, -0.2) is 62.9 Å². The van der Waals surface area contributed by atoms with Crippen LogP contribution in [-0.2, 0) is 19.4 Å². The Kier molecular flexibility index (Phi) is 9.01. The van der Waals surface area contributed by atoms with Gasteiger partial charge in [-0.25, -0.2) is 13.2 Å². The summed E-state index contributed by atoms with van der Waals surface area (Å²) in [6, 6.07) is 6.10. The number of ether oxygens (including phenoxy) is 1. The summed E-state index contributed by atoms with van der Waals surface area (Å²) in [6.45, 7) is 10.2. The number of carbonyl (C=O) groups excluding carboxylic acids is 2. The molecular weight excluding hydrogens is 356 g/mol. The topological polar surface area (TPSA) is 92.8 Å². The first-order valence-corrected chi connectivity index (χ1v) is 10.2. The van der Waals surface area contributed by atoms with E-state index in [1.54, 1.807) is 0 Å². The number of benzene rings is 1. The number of carbonyl (C=O) groups is 2. The average Bonchev–Trinajstić information content (AvgIpc) is 2.58. The van der Waals surface area contributed by atoms with Crippen molar-refractivity contribution < 1.29 is 22.7 Å². The maximum atomic E-state index is 12.0. The van der Waals surface area contributed by atoms with Gasteiger partial charge in [-0.3, -0.25) is 4.79 Å². The number of esters is 1. The maximum Gasteiger partial charge on any atom is 0.338 e. The molecule has 1 amide bonds. The molecule has 1 aromatic carbocycles. The lowest BCUT2D eigenvalue weighted by atomic mass is 10.2. The van der Waals surface area contributed by atoms with Gasteiger partial charge in [0.25, 0.3) is 0 Å². The Bertz CT molecular complexity index is 710. The molecule has 0 heterocycles. The zero-order valence-electron chi connectivity index (χ0n) is 15.2. The fraction of sp³-hybridized carbons (Fsp3) is 0.444. The van der Waals surface area contributed by atoms with Crippen LogP contribution in [0.2, 0.25) is 0 Å². The summed E-state index contributed by atoms with van der Waals surface area (Å²) in [5.41, 5.74) is 0.769. The smallest absolute Gasteiger partial charge is 0.338 e. The molecule has 1 rings (SSSR count). The van der Waals surface area contributed by atoms with Crippen LogP contribution in [0.3, 0.4) is 0 Å². The van der Waals surface area contributed by atoms with Gasteiger partial charge in [-0.15, -0.1) is 6.58 Å². The second-order valence-electron chi connectivity index (χ2n) is 5.63. The Balaban J connectivity index is 2.53. The van der Waals surface area contributed by atoms with Gasteiger partial charge in [-0.05, 0) is 37.4 Å². The lowest BCUT2D eigenvalue weighted by Crippen LogP contribution is -2.27. The number of amides is 1. The van der Waals surface area contributed by atoms with E-state index < -0.39 is 27.5 Å². The van der Waals surface area contributed by atoms with Crippen molar-refractivity contribution in [1.82, 2.24) is 4.90 Å². The van der Waals surface area contributed by atoms with Crippen molar-refractivity contribution in [3.8, 4) is 0 Å². The number of nitrogens with zero attached hydrogens (tertiary/aromatic N) is 1. The van der Waals surface area contributed by atoms with E-state index in [4.69, 9.17) is 4.74 Å². The third-order valence-corrected chi connectivity index (χ3v) is 5.11. The van der Waals surface area contributed by atoms with Crippen molar-refractivity contribution in [2.24, 2.45) is 0 Å². The summed E-state index contributed by atoms with van der Waals surface area (Å²) in [5.74, 6) is -1.95. The monoisotopic (exact) mass is 382 g/mol. The number of rotatable bonds is 11. The molecule has 7 nitrogen and oxygen atoms in total. The minimum Gasteiger partial charge on any atom is -0.461 e. The van der Waals surface area contributed by atoms with Crippen LogP contribution in [0, 0.1) is 0 Å². The summed E-state index contributed by atoms with van der Waals surface area (Å²) in [4.78, 5) is 25.9. The number of hydrogen-bond donors (Lipinski definition) is 1. The lowest BCUT2D eigenvalue weighted by Gasteiger charge is -2.17. The molecule has 144 valence electrons. The highest BCUT2D eigenvalue weighted by Gasteiger charge is 2.15. The summed E-state index contributed by atoms with van der Waals surface area (Å²) >= 11 is 0. The van der Waals surface area contributed by atoms with Crippen LogP contribution in [0.4, 0.5) is 5.69 Å². The first kappa shape index (κ1) is 21.9. The molecule has 0 atom stereocenters. The molecule has 1 aromatic rings. The van der Waals surface area contributed by atoms with Crippen LogP contribution < -0.4 is 5.32 Å². The molecule has 0 bridgehead atoms. The van der Waals surface area contributed by atoms with Crippen LogP contribution in [0.1, 0.15) is 24.2 Å². The molecule has 0 aliphatic heterocycles. The zero-order valence-corrected chi connectivity index (χ0v) is 16.0. The highest BCUT2D eigenvalue weighted by molar-refractivity contribution is 7.92. The van der Waals surface area contributed by atoms with Crippen molar-refractivity contribution in [1.29, 1.82) is 0 Å². The molecule has 0 radical (unpaired) electrons. The van der Waals surface area contributed by atoms with Gasteiger partial charge in [-0.2, -0.15) is 0 Å². The summed E-state index contributed by atoms with van der Waals surface area (Å²) in [5, 5.41) is 2.48. The highest BCUT2D eigenvalue weighted by Crippen LogP contribution is 2.11. The fourth-order valence-corrected chi connectivity index (χ4v) is 3.16. The van der Waals surface area contributed by atoms with E-state index in [-0.39, 0.29) is 5.75 Å². The first-order chi connectivity index (χ1) is 12.3. The molecule has 0 aromatic heterocycles. The molecule has 0 aliphatic rings. The van der Waals surface area contributed by atoms with Crippen LogP contribution in [0.5, 0.6) is 0 Å². The fourth-order valence-electron chi connectivity index (χ4n) is 2.22. The highest BCUT2D eigenvalue weighted by atomic mass is 32.2. The third-order valence-electron chi connectivity index (χ3n) is 3.66. The number of anilines is 1. The Morgan fingerprint density at radius 2 is 1.81 bits per heavy atom. The van der Waals surface area contributed by atoms with E-state index in [9.17, 15) is 18.0 Å². The van der Waals surface area contributed by atoms with Gasteiger partial charge in [0, 0.05) is 12.2 Å². The van der Waals surface area contributed by atoms with Gasteiger partial charge in [0.15, 0.2) is 9.84 Å². The zero-order chi connectivity index (χ0) is 19.6. The molecule has 0 spiro atoms. The Hall–Kier alpha value is -2.19. The second kappa shape index (κ2) is 10.7. The number of nitrogens with one attached hydrogen (secondary N) is 1. The number of hydrogen-bond acceptors (Lipinski definition) is 6. The van der Waals surface area contributed by atoms with Crippen LogP contribution >= 0.6 is 0 Å². The third kappa shape index (κ3) is 7.79. The quantitative estimate of drug-likeness (QED) is 0.463. The first-order valence-electron chi connectivity index (χ1n) is 8.42. The molecule has 0 fully saturated rings. The largest absolute Gasteiger partial charge is 0.461 e. The molecule has 8 heteroatoms. The maximum absolute atomic E-state index is 12.0. The molecule has 0 saturated heterocycles. The molecule has 0 saturated carbocycles. The lowest BCUT2D eigenvalue weighted by molar-refractivity contribution is -0.113. The molecular formula is C18H26N2O5S. The van der Waals surface area contributed by atoms with Crippen molar-refractivity contribution in [2.75, 3.05) is 43.1 Å². The number of likely N-dealkylation sites (N-methyl/N-ethyl adjacent to an activating group) is 1. The van der Waals surface area contributed by atoms with Crippen LogP contribution in [0.25, 0.3) is 0 Å². The van der Waals surface area contributed by atoms with E-state index in [0.29, 0.717) is 24.4 Å². The Morgan fingerprint density at radius 1 is 1.19 bits per heavy atom. The molecule has 0 unspecified atom stereocenters. The van der Waals surface area contributed by atoms with E-state index in [0.717, 1.165) is 13.1 Å². The molecule has 26 heavy (non-hydrogen) atoms. The Morgan fingerprint density at radius 3 is 2.35 bits per heavy atom. The Labute approximate surface area is 154 Å². The standard InChI is InChI=1S/C18H26N2O5S/c1-4-13-26(23,24)14-17(21)19-16-9-7-15(8-10-16)18(22)25-12-11-20(5-2)6-3/h4,7-10H,1,5-6,11-14H2,2-3H3,(H,19,21). The van der Waals surface area contributed by atoms with Crippen molar-refractivity contribution in [2.45, 2.75) is 13.8 Å². The van der Waals surface area contributed by atoms with E-state index >= 15 is 0 Å². The van der Waals surface area contributed by atoms with Crippen molar-refractivity contribution in [3.63, 3.8) is 0 Å². The van der Waals surface area contributed by atoms with Gasteiger partial charge in [0.1, 0.15) is 12.4 Å². The van der Waals surface area contributed by atoms with E-state index in [1.807, 2.05) is 13.8 Å².